The molecule has 6 atom stereocenters. The number of hydrogen-bond acceptors (Lipinski definition) is 8. The Bertz CT molecular complexity index is 2270. The SMILES string of the molecule is CCOC(=O)N1CC=C(c2ccc(Cl)cc2C[C@H]2C(=O)NCCCCC=CC[C@H](N(C)C(=O)[C@@H](NC(=O)[C@@H]3C[C@@H](F)CN3C(=O)C3(C(F)(F)F)CC(F)(F)C3)C3CC3)C(=O)N[C@@H](CC(C)C)C(=O)N2C)CC1. The summed E-state index contributed by atoms with van der Waals surface area (Å²) in [6.45, 7) is 5.69. The fraction of sp³-hybridized carbons (Fsp3) is 0.660. The smallest absolute Gasteiger partial charge is 0.410 e. The van der Waals surface area contributed by atoms with Crippen LogP contribution in [0.25, 0.3) is 5.57 Å². The molecular weight excluding hydrogens is 976 g/mol. The zero-order chi connectivity index (χ0) is 52.9. The van der Waals surface area contributed by atoms with Crippen molar-refractivity contribution in [3.63, 3.8) is 0 Å². The maximum Gasteiger partial charge on any atom is 0.410 e. The standard InChI is InChI=1S/C50H66ClF6N7O8/c1-6-72-47(71)63-20-17-30(18-21-63)35-16-15-33(51)23-32(35)24-38-41(65)58-19-11-9-7-8-10-12-37(42(66)59-36(22-29(2)3)44(68)62(38)5)61(4)45(69)40(31-13-14-31)60-43(67)39-25-34(52)26-64(39)46(70)48(50(55,56)57)27-49(53,54)28-48/h8,10,15-17,23,29,31,34,36-40H,6-7,9,11-14,18-22,24-28H2,1-5H3,(H,58,65)(H,59,66)(H,60,67)/t34-,36+,37+,38+,39+,40+/m1/s1. The number of nitrogens with one attached hydrogen (secondary N) is 3. The fourth-order valence-corrected chi connectivity index (χ4v) is 10.3. The summed E-state index contributed by atoms with van der Waals surface area (Å²) < 4.78 is 90.6. The number of halogens is 7. The summed E-state index contributed by atoms with van der Waals surface area (Å²) in [5, 5.41) is 8.74. The predicted molar refractivity (Wildman–Crippen MR) is 254 cm³/mol. The number of likely N-dealkylation sites (tertiary alicyclic amines) is 1. The maximum absolute atomic E-state index is 14.9. The van der Waals surface area contributed by atoms with Crippen molar-refractivity contribution in [2.45, 2.75) is 146 Å². The summed E-state index contributed by atoms with van der Waals surface area (Å²) in [5.41, 5.74) is -1.13. The van der Waals surface area contributed by atoms with Crippen LogP contribution in [0.1, 0.15) is 103 Å². The quantitative estimate of drug-likeness (QED) is 0.160. The normalized spacial score (nSPS) is 25.7. The monoisotopic (exact) mass is 1040 g/mol. The molecule has 2 saturated carbocycles. The number of hydrogen-bond donors (Lipinski definition) is 3. The lowest BCUT2D eigenvalue weighted by atomic mass is 9.64. The highest BCUT2D eigenvalue weighted by Gasteiger charge is 2.75. The summed E-state index contributed by atoms with van der Waals surface area (Å²) in [6, 6.07) is -1.49. The number of rotatable bonds is 12. The van der Waals surface area contributed by atoms with Crippen LogP contribution in [0.15, 0.2) is 36.4 Å². The number of likely N-dealkylation sites (N-methyl/N-ethyl adjacent to an activating group) is 2. The van der Waals surface area contributed by atoms with Crippen LogP contribution in [-0.2, 0) is 39.9 Å². The van der Waals surface area contributed by atoms with E-state index in [0.717, 1.165) is 16.0 Å². The highest BCUT2D eigenvalue weighted by Crippen LogP contribution is 2.61. The highest BCUT2D eigenvalue weighted by atomic mass is 35.5. The molecule has 1 aromatic carbocycles. The van der Waals surface area contributed by atoms with Crippen LogP contribution >= 0.6 is 11.6 Å². The molecule has 5 aliphatic rings. The van der Waals surface area contributed by atoms with Crippen LogP contribution < -0.4 is 16.0 Å². The minimum Gasteiger partial charge on any atom is -0.450 e. The number of allylic oxidation sites excluding steroid dienone is 1. The molecule has 15 nitrogen and oxygen atoms in total. The summed E-state index contributed by atoms with van der Waals surface area (Å²) in [5.74, 6) is -9.96. The molecule has 6 rings (SSSR count). The molecule has 1 aromatic rings. The molecule has 3 aliphatic heterocycles. The molecule has 0 aromatic heterocycles. The largest absolute Gasteiger partial charge is 0.450 e. The lowest BCUT2D eigenvalue weighted by Gasteiger charge is -2.48. The minimum atomic E-state index is -5.41. The van der Waals surface area contributed by atoms with Crippen LogP contribution in [0, 0.1) is 17.3 Å². The molecule has 398 valence electrons. The van der Waals surface area contributed by atoms with Gasteiger partial charge < -0.3 is 40.3 Å². The minimum absolute atomic E-state index is 0.0278. The van der Waals surface area contributed by atoms with Gasteiger partial charge in [-0.05, 0) is 99.0 Å². The molecule has 0 bridgehead atoms. The van der Waals surface area contributed by atoms with Gasteiger partial charge in [-0.3, -0.25) is 28.8 Å². The second kappa shape index (κ2) is 23.3. The molecule has 3 heterocycles. The first kappa shape index (κ1) is 56.0. The highest BCUT2D eigenvalue weighted by molar-refractivity contribution is 6.30. The van der Waals surface area contributed by atoms with Gasteiger partial charge in [-0.15, -0.1) is 0 Å². The van der Waals surface area contributed by atoms with E-state index in [4.69, 9.17) is 16.3 Å². The number of carbonyl (C=O) groups excluding carboxylic acids is 7. The summed E-state index contributed by atoms with van der Waals surface area (Å²) >= 11 is 6.55. The Morgan fingerprint density at radius 2 is 1.75 bits per heavy atom. The van der Waals surface area contributed by atoms with E-state index in [1.54, 1.807) is 30.0 Å². The number of benzene rings is 1. The van der Waals surface area contributed by atoms with Gasteiger partial charge in [-0.2, -0.15) is 13.2 Å². The van der Waals surface area contributed by atoms with Crippen molar-refractivity contribution < 1.29 is 64.6 Å². The van der Waals surface area contributed by atoms with E-state index in [1.165, 1.54) is 19.0 Å². The third kappa shape index (κ3) is 13.1. The topological polar surface area (TPSA) is 178 Å². The molecule has 0 radical (unpaired) electrons. The van der Waals surface area contributed by atoms with E-state index in [-0.39, 0.29) is 31.8 Å². The summed E-state index contributed by atoms with van der Waals surface area (Å²) in [6.07, 6.45) is -3.59. The zero-order valence-corrected chi connectivity index (χ0v) is 42.1. The second-order valence-corrected chi connectivity index (χ2v) is 20.6. The molecule has 3 fully saturated rings. The molecule has 72 heavy (non-hydrogen) atoms. The van der Waals surface area contributed by atoms with Gasteiger partial charge in [0.25, 0.3) is 5.92 Å². The first-order valence-corrected chi connectivity index (χ1v) is 25.1. The van der Waals surface area contributed by atoms with Gasteiger partial charge >= 0.3 is 12.3 Å². The lowest BCUT2D eigenvalue weighted by molar-refractivity contribution is -0.299. The first-order valence-electron chi connectivity index (χ1n) is 24.7. The van der Waals surface area contributed by atoms with Gasteiger partial charge in [0, 0.05) is 64.4 Å². The molecule has 2 aliphatic carbocycles. The van der Waals surface area contributed by atoms with Crippen molar-refractivity contribution in [2.24, 2.45) is 17.3 Å². The molecule has 0 unspecified atom stereocenters. The fourth-order valence-electron chi connectivity index (χ4n) is 10.1. The van der Waals surface area contributed by atoms with E-state index < -0.39 is 127 Å². The average molecular weight is 1040 g/mol. The molecule has 0 spiro atoms. The summed E-state index contributed by atoms with van der Waals surface area (Å²) in [4.78, 5) is 102. The van der Waals surface area contributed by atoms with Gasteiger partial charge in [-0.25, -0.2) is 18.0 Å². The molecule has 1 saturated heterocycles. The van der Waals surface area contributed by atoms with E-state index in [2.05, 4.69) is 16.0 Å². The van der Waals surface area contributed by atoms with Crippen molar-refractivity contribution in [1.82, 2.24) is 35.6 Å². The first-order chi connectivity index (χ1) is 33.9. The van der Waals surface area contributed by atoms with Gasteiger partial charge in [0.15, 0.2) is 5.41 Å². The second-order valence-electron chi connectivity index (χ2n) is 20.2. The lowest BCUT2D eigenvalue weighted by Crippen LogP contribution is -2.65. The van der Waals surface area contributed by atoms with Crippen LogP contribution in [0.3, 0.4) is 0 Å². The molecule has 7 amide bonds. The van der Waals surface area contributed by atoms with Crippen LogP contribution in [0.4, 0.5) is 31.1 Å². The van der Waals surface area contributed by atoms with Gasteiger partial charge in [0.1, 0.15) is 36.4 Å². The third-order valence-electron chi connectivity index (χ3n) is 14.3. The van der Waals surface area contributed by atoms with Crippen molar-refractivity contribution in [1.29, 1.82) is 0 Å². The van der Waals surface area contributed by atoms with Gasteiger partial charge in [-0.1, -0.05) is 49.7 Å². The summed E-state index contributed by atoms with van der Waals surface area (Å²) in [7, 11) is 2.81. The Labute approximate surface area is 420 Å². The number of carbonyl (C=O) groups is 7. The predicted octanol–water partition coefficient (Wildman–Crippen LogP) is 6.37. The Hall–Kier alpha value is -5.34. The van der Waals surface area contributed by atoms with E-state index in [1.807, 2.05) is 32.1 Å². The van der Waals surface area contributed by atoms with Crippen molar-refractivity contribution in [3.8, 4) is 0 Å². The average Bonchev–Trinajstić information content (AvgIpc) is 4.08. The van der Waals surface area contributed by atoms with Crippen LogP contribution in [0.2, 0.25) is 5.02 Å². The molecular formula is C50H66ClF6N7O8. The molecule has 3 N–H and O–H groups in total. The zero-order valence-electron chi connectivity index (χ0n) is 41.3. The van der Waals surface area contributed by atoms with Crippen molar-refractivity contribution >= 4 is 58.7 Å². The van der Waals surface area contributed by atoms with Crippen LogP contribution in [0.5, 0.6) is 0 Å². The van der Waals surface area contributed by atoms with Crippen molar-refractivity contribution in [3.05, 3.63) is 52.6 Å². The Kier molecular flexibility index (Phi) is 18.1. The van der Waals surface area contributed by atoms with E-state index >= 15 is 0 Å². The number of ether oxygens (including phenoxy) is 1. The maximum atomic E-state index is 14.9. The number of nitrogens with zero attached hydrogens (tertiary/aromatic N) is 4. The Morgan fingerprint density at radius 3 is 2.36 bits per heavy atom. The van der Waals surface area contributed by atoms with Gasteiger partial charge in [0.2, 0.25) is 35.4 Å². The third-order valence-corrected chi connectivity index (χ3v) is 14.5. The van der Waals surface area contributed by atoms with Crippen LogP contribution in [-0.4, -0.2) is 156 Å². The van der Waals surface area contributed by atoms with Gasteiger partial charge in [0.05, 0.1) is 13.2 Å². The Morgan fingerprint density at radius 1 is 1.04 bits per heavy atom. The van der Waals surface area contributed by atoms with E-state index in [9.17, 15) is 59.9 Å². The van der Waals surface area contributed by atoms with Crippen molar-refractivity contribution in [2.75, 3.05) is 46.9 Å². The Balaban J connectivity index is 1.23. The van der Waals surface area contributed by atoms with E-state index in [0.29, 0.717) is 73.6 Å². The number of amides is 7. The molecule has 22 heteroatoms. The number of alkyl halides is 6.